The van der Waals surface area contributed by atoms with Crippen LogP contribution < -0.4 is 5.73 Å². The molecular formula is C11H14N4. The van der Waals surface area contributed by atoms with Gasteiger partial charge in [-0.25, -0.2) is 4.98 Å². The molecule has 0 unspecified atom stereocenters. The normalized spacial score (nSPS) is 10.6. The lowest BCUT2D eigenvalue weighted by Crippen LogP contribution is -1.96. The van der Waals surface area contributed by atoms with E-state index in [1.54, 1.807) is 6.20 Å². The third-order valence-corrected chi connectivity index (χ3v) is 2.20. The average Bonchev–Trinajstić information content (AvgIpc) is 2.64. The molecule has 0 spiro atoms. The van der Waals surface area contributed by atoms with Crippen molar-refractivity contribution in [2.45, 2.75) is 20.4 Å². The Bertz CT molecular complexity index is 453. The van der Waals surface area contributed by atoms with E-state index in [1.165, 1.54) is 0 Å². The lowest BCUT2D eigenvalue weighted by molar-refractivity contribution is 1.01. The van der Waals surface area contributed by atoms with E-state index >= 15 is 0 Å². The predicted octanol–water partition coefficient (Wildman–Crippen LogP) is 1.55. The molecule has 0 fully saturated rings. The first kappa shape index (κ1) is 9.86. The molecule has 0 saturated heterocycles. The molecule has 3 N–H and O–H groups in total. The lowest BCUT2D eigenvalue weighted by Gasteiger charge is -2.00. The van der Waals surface area contributed by atoms with Gasteiger partial charge in [0.1, 0.15) is 5.82 Å². The Morgan fingerprint density at radius 1 is 1.27 bits per heavy atom. The molecule has 2 aromatic heterocycles. The van der Waals surface area contributed by atoms with Crippen LogP contribution in [0.4, 0.5) is 0 Å². The Labute approximate surface area is 88.6 Å². The molecule has 2 aromatic rings. The van der Waals surface area contributed by atoms with E-state index in [4.69, 9.17) is 5.73 Å². The molecule has 0 radical (unpaired) electrons. The highest BCUT2D eigenvalue weighted by Gasteiger charge is 2.04. The molecule has 0 atom stereocenters. The van der Waals surface area contributed by atoms with E-state index in [-0.39, 0.29) is 0 Å². The molecule has 0 aliphatic carbocycles. The van der Waals surface area contributed by atoms with Gasteiger partial charge in [-0.3, -0.25) is 4.98 Å². The van der Waals surface area contributed by atoms with Gasteiger partial charge < -0.3 is 10.7 Å². The molecule has 4 heteroatoms. The third-order valence-electron chi connectivity index (χ3n) is 2.20. The topological polar surface area (TPSA) is 67.6 Å². The molecule has 2 heterocycles. The van der Waals surface area contributed by atoms with Gasteiger partial charge in [0.05, 0.1) is 0 Å². The SMILES string of the molecule is Cc1cc(-c2ncc(CN)[nH]2)cc(C)n1. The molecule has 15 heavy (non-hydrogen) atoms. The second-order valence-electron chi connectivity index (χ2n) is 3.60. The zero-order valence-electron chi connectivity index (χ0n) is 8.91. The molecule has 0 saturated carbocycles. The second-order valence-corrected chi connectivity index (χ2v) is 3.60. The van der Waals surface area contributed by atoms with Crippen LogP contribution in [0.25, 0.3) is 11.4 Å². The van der Waals surface area contributed by atoms with Gasteiger partial charge in [0, 0.05) is 35.4 Å². The number of aromatic amines is 1. The van der Waals surface area contributed by atoms with E-state index in [9.17, 15) is 0 Å². The molecule has 0 bridgehead atoms. The van der Waals surface area contributed by atoms with Crippen molar-refractivity contribution >= 4 is 0 Å². The van der Waals surface area contributed by atoms with E-state index in [0.717, 1.165) is 28.5 Å². The summed E-state index contributed by atoms with van der Waals surface area (Å²) in [5, 5.41) is 0. The lowest BCUT2D eigenvalue weighted by atomic mass is 10.2. The number of hydrogen-bond acceptors (Lipinski definition) is 3. The van der Waals surface area contributed by atoms with Crippen LogP contribution in [0.5, 0.6) is 0 Å². The smallest absolute Gasteiger partial charge is 0.137 e. The molecule has 78 valence electrons. The number of rotatable bonds is 2. The summed E-state index contributed by atoms with van der Waals surface area (Å²) in [6, 6.07) is 4.01. The van der Waals surface area contributed by atoms with Crippen molar-refractivity contribution in [2.75, 3.05) is 0 Å². The number of aromatic nitrogens is 3. The average molecular weight is 202 g/mol. The fourth-order valence-corrected chi connectivity index (χ4v) is 1.58. The van der Waals surface area contributed by atoms with E-state index in [0.29, 0.717) is 6.54 Å². The minimum atomic E-state index is 0.482. The van der Waals surface area contributed by atoms with Gasteiger partial charge >= 0.3 is 0 Å². The summed E-state index contributed by atoms with van der Waals surface area (Å²) in [5.41, 5.74) is 9.51. The van der Waals surface area contributed by atoms with Crippen LogP contribution in [0.15, 0.2) is 18.3 Å². The minimum absolute atomic E-state index is 0.482. The van der Waals surface area contributed by atoms with E-state index < -0.39 is 0 Å². The maximum Gasteiger partial charge on any atom is 0.137 e. The molecule has 0 aliphatic rings. The molecule has 2 rings (SSSR count). The van der Waals surface area contributed by atoms with E-state index in [1.807, 2.05) is 26.0 Å². The Morgan fingerprint density at radius 3 is 2.47 bits per heavy atom. The molecule has 0 aliphatic heterocycles. The van der Waals surface area contributed by atoms with Crippen molar-refractivity contribution in [2.24, 2.45) is 5.73 Å². The molecule has 4 nitrogen and oxygen atoms in total. The zero-order valence-corrected chi connectivity index (χ0v) is 8.91. The van der Waals surface area contributed by atoms with Gasteiger partial charge in [-0.15, -0.1) is 0 Å². The van der Waals surface area contributed by atoms with Crippen molar-refractivity contribution in [1.29, 1.82) is 0 Å². The van der Waals surface area contributed by atoms with Gasteiger partial charge in [-0.2, -0.15) is 0 Å². The Kier molecular flexibility index (Phi) is 2.51. The third kappa shape index (κ3) is 2.05. The number of nitrogens with one attached hydrogen (secondary N) is 1. The minimum Gasteiger partial charge on any atom is -0.341 e. The highest BCUT2D eigenvalue weighted by Crippen LogP contribution is 2.17. The number of pyridine rings is 1. The second kappa shape index (κ2) is 3.82. The summed E-state index contributed by atoms with van der Waals surface area (Å²) >= 11 is 0. The molecule has 0 amide bonds. The van der Waals surface area contributed by atoms with Crippen molar-refractivity contribution in [3.05, 3.63) is 35.4 Å². The van der Waals surface area contributed by atoms with Crippen LogP contribution in [0.1, 0.15) is 17.1 Å². The van der Waals surface area contributed by atoms with Crippen molar-refractivity contribution < 1.29 is 0 Å². The van der Waals surface area contributed by atoms with Crippen molar-refractivity contribution in [3.63, 3.8) is 0 Å². The van der Waals surface area contributed by atoms with Crippen LogP contribution in [-0.2, 0) is 6.54 Å². The number of H-pyrrole nitrogens is 1. The Hall–Kier alpha value is -1.68. The first-order valence-corrected chi connectivity index (χ1v) is 4.88. The largest absolute Gasteiger partial charge is 0.341 e. The van der Waals surface area contributed by atoms with Crippen LogP contribution in [0.3, 0.4) is 0 Å². The van der Waals surface area contributed by atoms with Gasteiger partial charge in [-0.05, 0) is 26.0 Å². The monoisotopic (exact) mass is 202 g/mol. The summed E-state index contributed by atoms with van der Waals surface area (Å²) in [6.07, 6.45) is 1.76. The number of nitrogens with two attached hydrogens (primary N) is 1. The van der Waals surface area contributed by atoms with Gasteiger partial charge in [0.2, 0.25) is 0 Å². The van der Waals surface area contributed by atoms with Crippen molar-refractivity contribution in [3.8, 4) is 11.4 Å². The van der Waals surface area contributed by atoms with E-state index in [2.05, 4.69) is 15.0 Å². The van der Waals surface area contributed by atoms with Gasteiger partial charge in [0.15, 0.2) is 0 Å². The van der Waals surface area contributed by atoms with Crippen LogP contribution in [0, 0.1) is 13.8 Å². The molecule has 0 aromatic carbocycles. The number of hydrogen-bond donors (Lipinski definition) is 2. The quantitative estimate of drug-likeness (QED) is 0.776. The Balaban J connectivity index is 2.44. The fraction of sp³-hybridized carbons (Fsp3) is 0.273. The summed E-state index contributed by atoms with van der Waals surface area (Å²) in [5.74, 6) is 0.851. The zero-order chi connectivity index (χ0) is 10.8. The van der Waals surface area contributed by atoms with Gasteiger partial charge in [-0.1, -0.05) is 0 Å². The highest BCUT2D eigenvalue weighted by molar-refractivity contribution is 5.56. The first-order valence-electron chi connectivity index (χ1n) is 4.88. The van der Waals surface area contributed by atoms with Gasteiger partial charge in [0.25, 0.3) is 0 Å². The van der Waals surface area contributed by atoms with Crippen LogP contribution in [0.2, 0.25) is 0 Å². The summed E-state index contributed by atoms with van der Waals surface area (Å²) in [6.45, 7) is 4.43. The summed E-state index contributed by atoms with van der Waals surface area (Å²) in [7, 11) is 0. The number of imidazole rings is 1. The first-order chi connectivity index (χ1) is 7.19. The van der Waals surface area contributed by atoms with Crippen molar-refractivity contribution in [1.82, 2.24) is 15.0 Å². The van der Waals surface area contributed by atoms with Crippen LogP contribution in [-0.4, -0.2) is 15.0 Å². The fourth-order valence-electron chi connectivity index (χ4n) is 1.58. The standard InChI is InChI=1S/C11H14N4/c1-7-3-9(4-8(2)14-7)11-13-6-10(5-12)15-11/h3-4,6H,5,12H2,1-2H3,(H,13,15). The summed E-state index contributed by atoms with van der Waals surface area (Å²) < 4.78 is 0. The van der Waals surface area contributed by atoms with Crippen LogP contribution >= 0.6 is 0 Å². The predicted molar refractivity (Wildman–Crippen MR) is 59.2 cm³/mol. The molecular weight excluding hydrogens is 188 g/mol. The number of nitrogens with zero attached hydrogens (tertiary/aromatic N) is 2. The maximum atomic E-state index is 5.52. The summed E-state index contributed by atoms with van der Waals surface area (Å²) in [4.78, 5) is 11.8. The highest BCUT2D eigenvalue weighted by atomic mass is 14.9. The number of aryl methyl sites for hydroxylation is 2. The Morgan fingerprint density at radius 2 is 1.93 bits per heavy atom. The maximum absolute atomic E-state index is 5.52.